The highest BCUT2D eigenvalue weighted by Crippen LogP contribution is 2.14. The van der Waals surface area contributed by atoms with E-state index in [0.717, 1.165) is 5.56 Å². The molecule has 3 aromatic rings. The van der Waals surface area contributed by atoms with E-state index in [4.69, 9.17) is 19.2 Å². The van der Waals surface area contributed by atoms with Crippen LogP contribution in [-0.2, 0) is 25.5 Å². The Balaban J connectivity index is 2.41. The van der Waals surface area contributed by atoms with Crippen LogP contribution in [0.15, 0.2) is 58.7 Å². The maximum Gasteiger partial charge on any atom is 0.341 e. The highest BCUT2D eigenvalue weighted by molar-refractivity contribution is 5.94. The monoisotopic (exact) mass is 480 g/mol. The van der Waals surface area contributed by atoms with Crippen LogP contribution in [0.25, 0.3) is 16.7 Å². The number of hydrogen-bond donors (Lipinski definition) is 0. The second-order valence-electron chi connectivity index (χ2n) is 7.51. The zero-order chi connectivity index (χ0) is 25.4. The van der Waals surface area contributed by atoms with Crippen molar-refractivity contribution >= 4 is 28.6 Å². The van der Waals surface area contributed by atoms with Crippen LogP contribution < -0.4 is 11.0 Å². The SMILES string of the molecule is CCOC(=O)c1cc2c(=O)n3cccc(C)c3nc2n(CCCOC)c1=NC(=O)/C=C/C=C\OC. The van der Waals surface area contributed by atoms with Crippen molar-refractivity contribution < 1.29 is 23.8 Å². The van der Waals surface area contributed by atoms with E-state index in [9.17, 15) is 14.4 Å². The Labute approximate surface area is 201 Å². The van der Waals surface area contributed by atoms with Crippen molar-refractivity contribution in [3.63, 3.8) is 0 Å². The average molecular weight is 481 g/mol. The number of aromatic nitrogens is 3. The highest BCUT2D eigenvalue weighted by Gasteiger charge is 2.20. The maximum atomic E-state index is 13.4. The highest BCUT2D eigenvalue weighted by atomic mass is 16.5. The molecule has 10 heteroatoms. The molecule has 0 unspecified atom stereocenters. The van der Waals surface area contributed by atoms with Gasteiger partial charge in [-0.3, -0.25) is 14.0 Å². The molecular formula is C25H28N4O6. The van der Waals surface area contributed by atoms with Crippen LogP contribution in [0.2, 0.25) is 0 Å². The lowest BCUT2D eigenvalue weighted by molar-refractivity contribution is -0.113. The van der Waals surface area contributed by atoms with Gasteiger partial charge in [0, 0.05) is 32.5 Å². The third kappa shape index (κ3) is 5.72. The van der Waals surface area contributed by atoms with E-state index in [2.05, 4.69) is 4.99 Å². The van der Waals surface area contributed by atoms with E-state index in [1.165, 1.54) is 42.1 Å². The molecule has 0 spiro atoms. The second-order valence-corrected chi connectivity index (χ2v) is 7.51. The molecule has 0 radical (unpaired) electrons. The summed E-state index contributed by atoms with van der Waals surface area (Å²) in [6.45, 7) is 4.35. The third-order valence-corrected chi connectivity index (χ3v) is 5.11. The summed E-state index contributed by atoms with van der Waals surface area (Å²) in [6, 6.07) is 5.00. The minimum Gasteiger partial charge on any atom is -0.504 e. The first-order chi connectivity index (χ1) is 16.9. The number of carbonyl (C=O) groups excluding carboxylic acids is 2. The van der Waals surface area contributed by atoms with Gasteiger partial charge >= 0.3 is 5.97 Å². The Morgan fingerprint density at radius 1 is 1.20 bits per heavy atom. The fraction of sp³-hybridized carbons (Fsp3) is 0.320. The lowest BCUT2D eigenvalue weighted by atomic mass is 10.2. The van der Waals surface area contributed by atoms with Crippen LogP contribution >= 0.6 is 0 Å². The summed E-state index contributed by atoms with van der Waals surface area (Å²) >= 11 is 0. The van der Waals surface area contributed by atoms with E-state index in [1.54, 1.807) is 30.9 Å². The number of esters is 1. The zero-order valence-electron chi connectivity index (χ0n) is 20.2. The first-order valence-corrected chi connectivity index (χ1v) is 11.1. The van der Waals surface area contributed by atoms with Crippen LogP contribution in [0.5, 0.6) is 0 Å². The molecule has 0 fully saturated rings. The predicted octanol–water partition coefficient (Wildman–Crippen LogP) is 2.31. The topological polar surface area (TPSA) is 113 Å². The number of nitrogens with zero attached hydrogens (tertiary/aromatic N) is 4. The molecule has 1 amide bonds. The van der Waals surface area contributed by atoms with Crippen molar-refractivity contribution in [3.05, 3.63) is 75.9 Å². The summed E-state index contributed by atoms with van der Waals surface area (Å²) < 4.78 is 18.2. The number of aryl methyl sites for hydroxylation is 2. The Bertz CT molecular complexity index is 1430. The van der Waals surface area contributed by atoms with Gasteiger partial charge in [0.05, 0.1) is 25.4 Å². The van der Waals surface area contributed by atoms with Crippen molar-refractivity contribution in [1.82, 2.24) is 14.0 Å². The van der Waals surface area contributed by atoms with E-state index >= 15 is 0 Å². The van der Waals surface area contributed by atoms with Crippen LogP contribution in [0.1, 0.15) is 29.3 Å². The van der Waals surface area contributed by atoms with E-state index in [1.807, 2.05) is 13.0 Å². The van der Waals surface area contributed by atoms with Gasteiger partial charge in [0.2, 0.25) is 0 Å². The van der Waals surface area contributed by atoms with E-state index in [-0.39, 0.29) is 28.6 Å². The number of allylic oxidation sites excluding steroid dienone is 2. The number of amides is 1. The molecule has 0 atom stereocenters. The molecule has 0 aliphatic heterocycles. The van der Waals surface area contributed by atoms with Crippen molar-refractivity contribution in [2.45, 2.75) is 26.8 Å². The van der Waals surface area contributed by atoms with Gasteiger partial charge in [-0.15, -0.1) is 0 Å². The number of carbonyl (C=O) groups is 2. The Hall–Kier alpha value is -4.05. The molecule has 0 aliphatic carbocycles. The average Bonchev–Trinajstić information content (AvgIpc) is 2.84. The summed E-state index contributed by atoms with van der Waals surface area (Å²) in [4.78, 5) is 47.9. The van der Waals surface area contributed by atoms with Gasteiger partial charge in [-0.2, -0.15) is 4.99 Å². The Morgan fingerprint density at radius 2 is 2.00 bits per heavy atom. The first kappa shape index (κ1) is 25.6. The predicted molar refractivity (Wildman–Crippen MR) is 130 cm³/mol. The third-order valence-electron chi connectivity index (χ3n) is 5.11. The number of ether oxygens (including phenoxy) is 3. The molecular weight excluding hydrogens is 452 g/mol. The minimum atomic E-state index is -0.696. The molecule has 0 aliphatic rings. The van der Waals surface area contributed by atoms with Crippen molar-refractivity contribution in [3.8, 4) is 0 Å². The van der Waals surface area contributed by atoms with E-state index < -0.39 is 11.9 Å². The normalized spacial score (nSPS) is 12.3. The summed E-state index contributed by atoms with van der Waals surface area (Å²) in [6.07, 6.45) is 7.79. The number of methoxy groups -OCH3 is 2. The molecule has 0 saturated carbocycles. The molecule has 3 aromatic heterocycles. The smallest absolute Gasteiger partial charge is 0.341 e. The molecule has 184 valence electrons. The molecule has 3 heterocycles. The lowest BCUT2D eigenvalue weighted by Crippen LogP contribution is -2.33. The lowest BCUT2D eigenvalue weighted by Gasteiger charge is -2.15. The van der Waals surface area contributed by atoms with Gasteiger partial charge in [-0.05, 0) is 44.0 Å². The largest absolute Gasteiger partial charge is 0.504 e. The van der Waals surface area contributed by atoms with Crippen molar-refractivity contribution in [2.75, 3.05) is 27.4 Å². The molecule has 35 heavy (non-hydrogen) atoms. The van der Waals surface area contributed by atoms with Gasteiger partial charge in [-0.1, -0.05) is 12.1 Å². The molecule has 0 aromatic carbocycles. The second kappa shape index (κ2) is 11.9. The summed E-state index contributed by atoms with van der Waals surface area (Å²) in [7, 11) is 3.06. The van der Waals surface area contributed by atoms with Crippen molar-refractivity contribution in [2.24, 2.45) is 4.99 Å². The quantitative estimate of drug-likeness (QED) is 0.115. The van der Waals surface area contributed by atoms with Crippen LogP contribution in [0.3, 0.4) is 0 Å². The number of hydrogen-bond acceptors (Lipinski definition) is 7. The van der Waals surface area contributed by atoms with Gasteiger partial charge in [-0.25, -0.2) is 9.78 Å². The molecule has 0 bridgehead atoms. The minimum absolute atomic E-state index is 0.00236. The van der Waals surface area contributed by atoms with Crippen molar-refractivity contribution in [1.29, 1.82) is 0 Å². The van der Waals surface area contributed by atoms with Crippen LogP contribution in [0.4, 0.5) is 0 Å². The van der Waals surface area contributed by atoms with Gasteiger partial charge < -0.3 is 18.8 Å². The summed E-state index contributed by atoms with van der Waals surface area (Å²) in [5.74, 6) is -1.30. The Morgan fingerprint density at radius 3 is 2.71 bits per heavy atom. The molecule has 0 N–H and O–H groups in total. The van der Waals surface area contributed by atoms with Gasteiger partial charge in [0.1, 0.15) is 16.9 Å². The summed E-state index contributed by atoms with van der Waals surface area (Å²) in [5.41, 5.74) is 1.29. The fourth-order valence-electron chi connectivity index (χ4n) is 3.55. The standard InChI is InChI=1S/C25H28N4O6/c1-5-35-25(32)19-16-18-22(27-21-17(2)10-8-12-29(21)24(18)31)28(13-9-15-34-4)23(19)26-20(30)11-6-7-14-33-3/h6-8,10-12,14,16H,5,9,13,15H2,1-4H3/b11-6+,14-7-,26-23?. The fourth-order valence-corrected chi connectivity index (χ4v) is 3.55. The van der Waals surface area contributed by atoms with Gasteiger partial charge in [0.15, 0.2) is 5.49 Å². The van der Waals surface area contributed by atoms with Crippen LogP contribution in [0, 0.1) is 6.92 Å². The molecule has 3 rings (SSSR count). The number of fused-ring (bicyclic) bond motifs is 2. The zero-order valence-corrected chi connectivity index (χ0v) is 20.2. The molecule has 10 nitrogen and oxygen atoms in total. The Kier molecular flexibility index (Phi) is 8.69. The summed E-state index contributed by atoms with van der Waals surface area (Å²) in [5, 5.41) is 0.207. The number of pyridine rings is 2. The first-order valence-electron chi connectivity index (χ1n) is 11.1. The number of rotatable bonds is 9. The van der Waals surface area contributed by atoms with Crippen LogP contribution in [-0.4, -0.2) is 53.3 Å². The van der Waals surface area contributed by atoms with Gasteiger partial charge in [0.25, 0.3) is 11.5 Å². The van der Waals surface area contributed by atoms with E-state index in [0.29, 0.717) is 30.9 Å². The maximum absolute atomic E-state index is 13.4. The molecule has 0 saturated heterocycles.